The van der Waals surface area contributed by atoms with Gasteiger partial charge in [-0.2, -0.15) is 5.10 Å². The van der Waals surface area contributed by atoms with Crippen LogP contribution in [0, 0.1) is 0 Å². The molecule has 0 bridgehead atoms. The molecular weight excluding hydrogens is 312 g/mol. The second kappa shape index (κ2) is 7.48. The Kier molecular flexibility index (Phi) is 5.33. The normalized spacial score (nSPS) is 17.0. The Bertz CT molecular complexity index is 722. The molecular formula is C20H30N4O. The van der Waals surface area contributed by atoms with E-state index in [0.29, 0.717) is 11.8 Å². The summed E-state index contributed by atoms with van der Waals surface area (Å²) in [7, 11) is 5.84. The fourth-order valence-electron chi connectivity index (χ4n) is 3.85. The van der Waals surface area contributed by atoms with Gasteiger partial charge in [0.05, 0.1) is 18.4 Å². The van der Waals surface area contributed by atoms with Crippen molar-refractivity contribution < 1.29 is 4.74 Å². The molecule has 136 valence electrons. The van der Waals surface area contributed by atoms with Gasteiger partial charge >= 0.3 is 0 Å². The summed E-state index contributed by atoms with van der Waals surface area (Å²) in [6.45, 7) is 7.23. The van der Waals surface area contributed by atoms with Crippen molar-refractivity contribution in [2.75, 3.05) is 32.1 Å². The Morgan fingerprint density at radius 3 is 2.76 bits per heavy atom. The molecule has 1 atom stereocenters. The molecule has 0 saturated carbocycles. The van der Waals surface area contributed by atoms with E-state index in [-0.39, 0.29) is 0 Å². The lowest BCUT2D eigenvalue weighted by molar-refractivity contribution is 0.367. The van der Waals surface area contributed by atoms with E-state index < -0.39 is 0 Å². The van der Waals surface area contributed by atoms with Gasteiger partial charge in [0.2, 0.25) is 5.88 Å². The predicted molar refractivity (Wildman–Crippen MR) is 103 cm³/mol. The summed E-state index contributed by atoms with van der Waals surface area (Å²) in [6, 6.07) is 8.76. The summed E-state index contributed by atoms with van der Waals surface area (Å²) in [4.78, 5) is 2.35. The molecule has 3 rings (SSSR count). The molecule has 0 aliphatic carbocycles. The smallest absolute Gasteiger partial charge is 0.216 e. The highest BCUT2D eigenvalue weighted by molar-refractivity contribution is 5.56. The van der Waals surface area contributed by atoms with Crippen LogP contribution in [0.2, 0.25) is 0 Å². The average molecular weight is 342 g/mol. The molecule has 1 aromatic carbocycles. The van der Waals surface area contributed by atoms with E-state index in [9.17, 15) is 0 Å². The van der Waals surface area contributed by atoms with Crippen LogP contribution in [-0.4, -0.2) is 37.0 Å². The molecule has 1 aliphatic heterocycles. The molecule has 0 fully saturated rings. The van der Waals surface area contributed by atoms with E-state index in [2.05, 4.69) is 60.5 Å². The van der Waals surface area contributed by atoms with Crippen molar-refractivity contribution in [3.63, 3.8) is 0 Å². The lowest BCUT2D eigenvalue weighted by Crippen LogP contribution is -2.32. The third-order valence-corrected chi connectivity index (χ3v) is 5.15. The minimum absolute atomic E-state index is 0.385. The second-order valence-corrected chi connectivity index (χ2v) is 7.25. The fraction of sp³-hybridized carbons (Fsp3) is 0.550. The molecule has 1 aliphatic rings. The maximum atomic E-state index is 5.57. The van der Waals surface area contributed by atoms with Crippen LogP contribution in [-0.2, 0) is 13.6 Å². The van der Waals surface area contributed by atoms with Crippen molar-refractivity contribution in [1.82, 2.24) is 15.1 Å². The van der Waals surface area contributed by atoms with Gasteiger partial charge in [-0.15, -0.1) is 0 Å². The van der Waals surface area contributed by atoms with Crippen LogP contribution in [0.25, 0.3) is 0 Å². The van der Waals surface area contributed by atoms with Gasteiger partial charge in [-0.3, -0.25) is 0 Å². The van der Waals surface area contributed by atoms with Gasteiger partial charge in [-0.25, -0.2) is 4.68 Å². The first-order valence-corrected chi connectivity index (χ1v) is 9.13. The van der Waals surface area contributed by atoms with Crippen LogP contribution < -0.4 is 15.0 Å². The monoisotopic (exact) mass is 342 g/mol. The Morgan fingerprint density at radius 1 is 1.28 bits per heavy atom. The molecule has 5 nitrogen and oxygen atoms in total. The highest BCUT2D eigenvalue weighted by Crippen LogP contribution is 2.34. The number of fused-ring (bicyclic) bond motifs is 1. The Balaban J connectivity index is 1.71. The van der Waals surface area contributed by atoms with Crippen LogP contribution in [0.1, 0.15) is 48.9 Å². The highest BCUT2D eigenvalue weighted by atomic mass is 16.5. The maximum absolute atomic E-state index is 5.57. The number of hydrogen-bond donors (Lipinski definition) is 1. The first-order valence-electron chi connectivity index (χ1n) is 9.13. The number of ether oxygens (including phenoxy) is 1. The molecule has 1 N–H and O–H groups in total. The molecule has 0 radical (unpaired) electrons. The molecule has 2 aromatic rings. The standard InChI is InChI=1S/C20H30N4O/c1-14(2)19-17(20(25-5)24(4)22-19)13-21-12-15-10-11-23(3)18-9-7-6-8-16(15)18/h6-9,14-15,21H,10-13H2,1-5H3. The molecule has 0 amide bonds. The van der Waals surface area contributed by atoms with E-state index in [1.54, 1.807) is 7.11 Å². The van der Waals surface area contributed by atoms with E-state index in [4.69, 9.17) is 4.74 Å². The Labute approximate surface area is 151 Å². The molecule has 25 heavy (non-hydrogen) atoms. The summed E-state index contributed by atoms with van der Waals surface area (Å²) in [5.74, 6) is 1.80. The van der Waals surface area contributed by atoms with Crippen molar-refractivity contribution in [2.24, 2.45) is 7.05 Å². The zero-order valence-electron chi connectivity index (χ0n) is 16.0. The van der Waals surface area contributed by atoms with Crippen LogP contribution in [0.15, 0.2) is 24.3 Å². The summed E-state index contributed by atoms with van der Waals surface area (Å²) < 4.78 is 7.42. The van der Waals surface area contributed by atoms with Gasteiger partial charge in [0, 0.05) is 45.3 Å². The van der Waals surface area contributed by atoms with Crippen molar-refractivity contribution >= 4 is 5.69 Å². The second-order valence-electron chi connectivity index (χ2n) is 7.25. The van der Waals surface area contributed by atoms with E-state index in [0.717, 1.165) is 31.2 Å². The first-order chi connectivity index (χ1) is 12.0. The van der Waals surface area contributed by atoms with E-state index >= 15 is 0 Å². The minimum Gasteiger partial charge on any atom is -0.481 e. The molecule has 1 unspecified atom stereocenters. The molecule has 5 heteroatoms. The number of rotatable bonds is 6. The molecule has 2 heterocycles. The predicted octanol–water partition coefficient (Wildman–Crippen LogP) is 3.27. The quantitative estimate of drug-likeness (QED) is 0.875. The van der Waals surface area contributed by atoms with E-state index in [1.165, 1.54) is 23.2 Å². The molecule has 0 spiro atoms. The number of benzene rings is 1. The number of aromatic nitrogens is 2. The van der Waals surface area contributed by atoms with E-state index in [1.807, 2.05) is 11.7 Å². The fourth-order valence-corrected chi connectivity index (χ4v) is 3.85. The summed E-state index contributed by atoms with van der Waals surface area (Å²) >= 11 is 0. The van der Waals surface area contributed by atoms with Crippen LogP contribution in [0.3, 0.4) is 0 Å². The van der Waals surface area contributed by atoms with Crippen molar-refractivity contribution in [2.45, 2.75) is 38.6 Å². The number of hydrogen-bond acceptors (Lipinski definition) is 4. The maximum Gasteiger partial charge on any atom is 0.216 e. The molecule has 1 aromatic heterocycles. The number of aryl methyl sites for hydroxylation is 1. The minimum atomic E-state index is 0.385. The number of nitrogens with zero attached hydrogens (tertiary/aromatic N) is 3. The van der Waals surface area contributed by atoms with Crippen LogP contribution >= 0.6 is 0 Å². The number of para-hydroxylation sites is 1. The van der Waals surface area contributed by atoms with Crippen molar-refractivity contribution in [3.8, 4) is 5.88 Å². The summed E-state index contributed by atoms with van der Waals surface area (Å²) in [5, 5.41) is 8.30. The third kappa shape index (κ3) is 3.52. The zero-order chi connectivity index (χ0) is 18.0. The van der Waals surface area contributed by atoms with Crippen LogP contribution in [0.4, 0.5) is 5.69 Å². The number of nitrogens with one attached hydrogen (secondary N) is 1. The van der Waals surface area contributed by atoms with Gasteiger partial charge < -0.3 is 15.0 Å². The van der Waals surface area contributed by atoms with Crippen LogP contribution in [0.5, 0.6) is 5.88 Å². The van der Waals surface area contributed by atoms with Crippen molar-refractivity contribution in [1.29, 1.82) is 0 Å². The van der Waals surface area contributed by atoms with Gasteiger partial charge in [-0.1, -0.05) is 32.0 Å². The van der Waals surface area contributed by atoms with Crippen molar-refractivity contribution in [3.05, 3.63) is 41.1 Å². The Morgan fingerprint density at radius 2 is 2.04 bits per heavy atom. The summed E-state index contributed by atoms with van der Waals surface area (Å²) in [5.41, 5.74) is 5.12. The SMILES string of the molecule is COc1c(CNCC2CCN(C)c3ccccc32)c(C(C)C)nn1C. The van der Waals surface area contributed by atoms with Gasteiger partial charge in [0.15, 0.2) is 0 Å². The third-order valence-electron chi connectivity index (χ3n) is 5.15. The van der Waals surface area contributed by atoms with Gasteiger partial charge in [0.1, 0.15) is 0 Å². The summed E-state index contributed by atoms with van der Waals surface area (Å²) in [6.07, 6.45) is 1.18. The Hall–Kier alpha value is -2.01. The number of anilines is 1. The number of methoxy groups -OCH3 is 1. The van der Waals surface area contributed by atoms with Gasteiger partial charge in [0.25, 0.3) is 0 Å². The topological polar surface area (TPSA) is 42.3 Å². The molecule has 0 saturated heterocycles. The lowest BCUT2D eigenvalue weighted by Gasteiger charge is -2.33. The first kappa shape index (κ1) is 17.8. The average Bonchev–Trinajstić information content (AvgIpc) is 2.93. The largest absolute Gasteiger partial charge is 0.481 e. The zero-order valence-corrected chi connectivity index (χ0v) is 16.0. The van der Waals surface area contributed by atoms with Gasteiger partial charge in [-0.05, 0) is 24.0 Å². The highest BCUT2D eigenvalue weighted by Gasteiger charge is 2.23. The lowest BCUT2D eigenvalue weighted by atomic mass is 9.90.